The number of aromatic nitrogens is 1. The maximum Gasteiger partial charge on any atom is 0.239 e. The molecule has 0 aliphatic heterocycles. The van der Waals surface area contributed by atoms with E-state index in [1.165, 1.54) is 16.9 Å². The zero-order valence-electron chi connectivity index (χ0n) is 10.4. The van der Waals surface area contributed by atoms with E-state index in [0.29, 0.717) is 5.13 Å². The summed E-state index contributed by atoms with van der Waals surface area (Å²) in [6, 6.07) is 6.09. The van der Waals surface area contributed by atoms with Gasteiger partial charge in [0.25, 0.3) is 0 Å². The van der Waals surface area contributed by atoms with Crippen LogP contribution in [0.2, 0.25) is 0 Å². The van der Waals surface area contributed by atoms with Crippen molar-refractivity contribution < 1.29 is 4.79 Å². The minimum Gasteiger partial charge on any atom is -0.301 e. The van der Waals surface area contributed by atoms with Crippen LogP contribution in [0.1, 0.15) is 25.3 Å². The molecule has 0 unspecified atom stereocenters. The summed E-state index contributed by atoms with van der Waals surface area (Å²) in [5.74, 6) is -0.0207. The van der Waals surface area contributed by atoms with E-state index >= 15 is 0 Å². The molecule has 2 aromatic rings. The van der Waals surface area contributed by atoms with Gasteiger partial charge in [0.05, 0.1) is 15.0 Å². The highest BCUT2D eigenvalue weighted by molar-refractivity contribution is 9.10. The van der Waals surface area contributed by atoms with Gasteiger partial charge in [0.15, 0.2) is 5.13 Å². The molecule has 1 atom stereocenters. The Labute approximate surface area is 119 Å². The average Bonchev–Trinajstić information content (AvgIpc) is 2.70. The fourth-order valence-corrected chi connectivity index (χ4v) is 3.19. The maximum absolute atomic E-state index is 11.9. The Morgan fingerprint density at radius 3 is 3.06 bits per heavy atom. The molecule has 1 aromatic carbocycles. The third-order valence-corrected chi connectivity index (χ3v) is 4.41. The molecule has 0 fully saturated rings. The Hall–Kier alpha value is -0.940. The Kier molecular flexibility index (Phi) is 4.35. The molecule has 0 saturated heterocycles. The second-order valence-electron chi connectivity index (χ2n) is 4.24. The first-order chi connectivity index (χ1) is 8.60. The molecule has 2 rings (SSSR count). The van der Waals surface area contributed by atoms with Gasteiger partial charge in [-0.15, -0.1) is 0 Å². The predicted octanol–water partition coefficient (Wildman–Crippen LogP) is 4.11. The van der Waals surface area contributed by atoms with Gasteiger partial charge >= 0.3 is 0 Å². The lowest BCUT2D eigenvalue weighted by Gasteiger charge is -2.06. The SMILES string of the molecule is CCC[C@@H](Br)C(=O)Nc1nc2ccc(C)cc2s1. The highest BCUT2D eigenvalue weighted by Gasteiger charge is 2.15. The Morgan fingerprint density at radius 2 is 2.33 bits per heavy atom. The van der Waals surface area contributed by atoms with E-state index in [2.05, 4.69) is 39.2 Å². The lowest BCUT2D eigenvalue weighted by molar-refractivity contribution is -0.115. The van der Waals surface area contributed by atoms with Gasteiger partial charge in [-0.25, -0.2) is 4.98 Å². The summed E-state index contributed by atoms with van der Waals surface area (Å²) < 4.78 is 1.10. The fourth-order valence-electron chi connectivity index (χ4n) is 1.65. The number of nitrogens with zero attached hydrogens (tertiary/aromatic N) is 1. The lowest BCUT2D eigenvalue weighted by atomic mass is 10.2. The molecule has 3 nitrogen and oxygen atoms in total. The number of hydrogen-bond acceptors (Lipinski definition) is 3. The number of fused-ring (bicyclic) bond motifs is 1. The number of aryl methyl sites for hydroxylation is 1. The minimum atomic E-state index is -0.142. The Bertz CT molecular complexity index is 567. The highest BCUT2D eigenvalue weighted by atomic mass is 79.9. The van der Waals surface area contributed by atoms with Crippen LogP contribution in [0.5, 0.6) is 0 Å². The van der Waals surface area contributed by atoms with Crippen molar-refractivity contribution in [3.8, 4) is 0 Å². The number of nitrogens with one attached hydrogen (secondary N) is 1. The highest BCUT2D eigenvalue weighted by Crippen LogP contribution is 2.27. The summed E-state index contributed by atoms with van der Waals surface area (Å²) in [5, 5.41) is 3.52. The largest absolute Gasteiger partial charge is 0.301 e. The standard InChI is InChI=1S/C13H15BrN2OS/c1-3-4-9(14)12(17)16-13-15-10-6-5-8(2)7-11(10)18-13/h5-7,9H,3-4H2,1-2H3,(H,15,16,17)/t9-/m1/s1. The lowest BCUT2D eigenvalue weighted by Crippen LogP contribution is -2.22. The van der Waals surface area contributed by atoms with Crippen LogP contribution in [0.15, 0.2) is 18.2 Å². The summed E-state index contributed by atoms with van der Waals surface area (Å²) in [5.41, 5.74) is 2.14. The summed E-state index contributed by atoms with van der Waals surface area (Å²) in [4.78, 5) is 16.1. The first-order valence-corrected chi connectivity index (χ1v) is 7.65. The number of amides is 1. The van der Waals surface area contributed by atoms with E-state index < -0.39 is 0 Å². The number of carbonyl (C=O) groups is 1. The van der Waals surface area contributed by atoms with Crippen LogP contribution in [-0.2, 0) is 4.79 Å². The first kappa shape index (κ1) is 13.5. The quantitative estimate of drug-likeness (QED) is 0.859. The minimum absolute atomic E-state index is 0.0207. The fraction of sp³-hybridized carbons (Fsp3) is 0.385. The summed E-state index contributed by atoms with van der Waals surface area (Å²) >= 11 is 4.89. The second-order valence-corrected chi connectivity index (χ2v) is 6.37. The van der Waals surface area contributed by atoms with Crippen LogP contribution in [-0.4, -0.2) is 15.7 Å². The van der Waals surface area contributed by atoms with Crippen LogP contribution < -0.4 is 5.32 Å². The third-order valence-electron chi connectivity index (χ3n) is 2.60. The molecule has 1 heterocycles. The molecule has 0 spiro atoms. The predicted molar refractivity (Wildman–Crippen MR) is 80.6 cm³/mol. The van der Waals surface area contributed by atoms with Gasteiger partial charge in [-0.3, -0.25) is 4.79 Å². The van der Waals surface area contributed by atoms with Crippen LogP contribution in [0.4, 0.5) is 5.13 Å². The molecule has 5 heteroatoms. The summed E-state index contributed by atoms with van der Waals surface area (Å²) in [6.45, 7) is 4.11. The van der Waals surface area contributed by atoms with Gasteiger partial charge in [-0.1, -0.05) is 46.7 Å². The van der Waals surface area contributed by atoms with Gasteiger partial charge in [-0.05, 0) is 31.0 Å². The number of halogens is 1. The number of alkyl halides is 1. The number of carbonyl (C=O) groups excluding carboxylic acids is 1. The zero-order valence-corrected chi connectivity index (χ0v) is 12.8. The van der Waals surface area contributed by atoms with Gasteiger partial charge in [0, 0.05) is 0 Å². The van der Waals surface area contributed by atoms with E-state index in [0.717, 1.165) is 23.1 Å². The van der Waals surface area contributed by atoms with E-state index in [1.54, 1.807) is 0 Å². The van der Waals surface area contributed by atoms with Crippen molar-refractivity contribution >= 4 is 48.5 Å². The second kappa shape index (κ2) is 5.80. The van der Waals surface area contributed by atoms with Crippen LogP contribution in [0, 0.1) is 6.92 Å². The van der Waals surface area contributed by atoms with Gasteiger partial charge in [0.2, 0.25) is 5.91 Å². The molecule has 1 aromatic heterocycles. The Morgan fingerprint density at radius 1 is 1.56 bits per heavy atom. The number of hydrogen-bond donors (Lipinski definition) is 1. The molecule has 0 aliphatic rings. The van der Waals surface area contributed by atoms with Gasteiger partial charge < -0.3 is 5.32 Å². The van der Waals surface area contributed by atoms with E-state index in [-0.39, 0.29) is 10.7 Å². The van der Waals surface area contributed by atoms with Gasteiger partial charge in [0.1, 0.15) is 0 Å². The molecular weight excluding hydrogens is 312 g/mol. The molecule has 1 amide bonds. The van der Waals surface area contributed by atoms with Crippen molar-refractivity contribution in [2.75, 3.05) is 5.32 Å². The number of rotatable bonds is 4. The molecular formula is C13H15BrN2OS. The van der Waals surface area contributed by atoms with E-state index in [1.807, 2.05) is 19.1 Å². The van der Waals surface area contributed by atoms with Crippen molar-refractivity contribution in [3.05, 3.63) is 23.8 Å². The smallest absolute Gasteiger partial charge is 0.239 e. The van der Waals surface area contributed by atoms with Crippen LogP contribution in [0.3, 0.4) is 0 Å². The van der Waals surface area contributed by atoms with Crippen molar-refractivity contribution in [2.45, 2.75) is 31.5 Å². The van der Waals surface area contributed by atoms with Crippen molar-refractivity contribution in [1.29, 1.82) is 0 Å². The third kappa shape index (κ3) is 3.09. The number of thiazole rings is 1. The van der Waals surface area contributed by atoms with E-state index in [4.69, 9.17) is 0 Å². The molecule has 18 heavy (non-hydrogen) atoms. The molecule has 1 N–H and O–H groups in total. The van der Waals surface area contributed by atoms with E-state index in [9.17, 15) is 4.79 Å². The zero-order chi connectivity index (χ0) is 13.1. The van der Waals surface area contributed by atoms with Crippen LogP contribution >= 0.6 is 27.3 Å². The molecule has 0 aliphatic carbocycles. The van der Waals surface area contributed by atoms with Crippen molar-refractivity contribution in [1.82, 2.24) is 4.98 Å². The van der Waals surface area contributed by atoms with Crippen LogP contribution in [0.25, 0.3) is 10.2 Å². The topological polar surface area (TPSA) is 42.0 Å². The monoisotopic (exact) mass is 326 g/mol. The molecule has 0 bridgehead atoms. The summed E-state index contributed by atoms with van der Waals surface area (Å²) in [7, 11) is 0. The van der Waals surface area contributed by atoms with Crippen molar-refractivity contribution in [2.24, 2.45) is 0 Å². The molecule has 96 valence electrons. The normalized spacial score (nSPS) is 12.6. The average molecular weight is 327 g/mol. The van der Waals surface area contributed by atoms with Crippen molar-refractivity contribution in [3.63, 3.8) is 0 Å². The number of anilines is 1. The summed E-state index contributed by atoms with van der Waals surface area (Å²) in [6.07, 6.45) is 1.80. The first-order valence-electron chi connectivity index (χ1n) is 5.92. The number of benzene rings is 1. The van der Waals surface area contributed by atoms with Gasteiger partial charge in [-0.2, -0.15) is 0 Å². The Balaban J connectivity index is 2.14. The maximum atomic E-state index is 11.9. The molecule has 0 radical (unpaired) electrons. The molecule has 0 saturated carbocycles.